The number of aryl methyl sites for hydroxylation is 1. The molecular formula is C21H30FN7. The van der Waals surface area contributed by atoms with Gasteiger partial charge in [-0.2, -0.15) is 0 Å². The fraction of sp³-hybridized carbons (Fsp3) is 0.571. The predicted octanol–water partition coefficient (Wildman–Crippen LogP) is 2.47. The summed E-state index contributed by atoms with van der Waals surface area (Å²) in [6, 6.07) is 7.49. The second kappa shape index (κ2) is 8.80. The molecule has 0 atom stereocenters. The van der Waals surface area contributed by atoms with Gasteiger partial charge in [-0.3, -0.25) is 0 Å². The van der Waals surface area contributed by atoms with Crippen molar-refractivity contribution in [2.45, 2.75) is 45.2 Å². The highest BCUT2D eigenvalue weighted by molar-refractivity contribution is 5.80. The van der Waals surface area contributed by atoms with Crippen LogP contribution in [0.4, 0.5) is 10.1 Å². The molecule has 2 aliphatic rings. The number of halogens is 1. The van der Waals surface area contributed by atoms with Crippen LogP contribution in [0.3, 0.4) is 0 Å². The molecule has 0 radical (unpaired) electrons. The first-order valence-corrected chi connectivity index (χ1v) is 10.5. The Balaban J connectivity index is 1.45. The molecule has 1 N–H and O–H groups in total. The van der Waals surface area contributed by atoms with Crippen molar-refractivity contribution in [1.29, 1.82) is 0 Å². The van der Waals surface area contributed by atoms with Gasteiger partial charge in [-0.05, 0) is 31.9 Å². The number of piperazine rings is 1. The summed E-state index contributed by atoms with van der Waals surface area (Å²) >= 11 is 0. The third-order valence-corrected chi connectivity index (χ3v) is 6.01. The van der Waals surface area contributed by atoms with Gasteiger partial charge in [-0.1, -0.05) is 25.0 Å². The molecule has 1 aliphatic carbocycles. The smallest absolute Gasteiger partial charge is 0.194 e. The van der Waals surface area contributed by atoms with Crippen LogP contribution in [0.2, 0.25) is 0 Å². The molecule has 0 amide bonds. The summed E-state index contributed by atoms with van der Waals surface area (Å²) in [5, 5.41) is 12.0. The van der Waals surface area contributed by atoms with Crippen molar-refractivity contribution >= 4 is 11.6 Å². The summed E-state index contributed by atoms with van der Waals surface area (Å²) < 4.78 is 16.1. The van der Waals surface area contributed by atoms with Crippen LogP contribution in [0, 0.1) is 12.7 Å². The van der Waals surface area contributed by atoms with Gasteiger partial charge in [0.05, 0.1) is 5.69 Å². The Kier molecular flexibility index (Phi) is 5.97. The van der Waals surface area contributed by atoms with Crippen LogP contribution >= 0.6 is 0 Å². The molecule has 7 nitrogen and oxygen atoms in total. The average Bonchev–Trinajstić information content (AvgIpc) is 3.36. The monoisotopic (exact) mass is 399 g/mol. The van der Waals surface area contributed by atoms with E-state index in [9.17, 15) is 4.39 Å². The van der Waals surface area contributed by atoms with Gasteiger partial charge in [0.2, 0.25) is 0 Å². The van der Waals surface area contributed by atoms with Crippen molar-refractivity contribution in [1.82, 2.24) is 25.0 Å². The molecule has 1 aromatic carbocycles. The number of hydrogen-bond acceptors (Lipinski definition) is 4. The first kappa shape index (κ1) is 19.7. The second-order valence-electron chi connectivity index (χ2n) is 7.91. The van der Waals surface area contributed by atoms with E-state index in [1.54, 1.807) is 6.07 Å². The number of aliphatic imine (C=N–C) groups is 1. The molecule has 0 bridgehead atoms. The molecule has 2 heterocycles. The van der Waals surface area contributed by atoms with E-state index in [4.69, 9.17) is 4.99 Å². The Morgan fingerprint density at radius 3 is 2.52 bits per heavy atom. The maximum atomic E-state index is 14.1. The highest BCUT2D eigenvalue weighted by atomic mass is 19.1. The van der Waals surface area contributed by atoms with E-state index in [0.29, 0.717) is 18.3 Å². The van der Waals surface area contributed by atoms with E-state index >= 15 is 0 Å². The fourth-order valence-electron chi connectivity index (χ4n) is 4.09. The van der Waals surface area contributed by atoms with E-state index in [1.807, 2.05) is 30.7 Å². The zero-order chi connectivity index (χ0) is 20.2. The number of nitrogens with zero attached hydrogens (tertiary/aromatic N) is 6. The summed E-state index contributed by atoms with van der Waals surface area (Å²) in [5.41, 5.74) is 0.684. The van der Waals surface area contributed by atoms with Crippen LogP contribution in [0.25, 0.3) is 0 Å². The molecule has 29 heavy (non-hydrogen) atoms. The summed E-state index contributed by atoms with van der Waals surface area (Å²) in [5.74, 6) is 2.53. The first-order chi connectivity index (χ1) is 14.1. The van der Waals surface area contributed by atoms with Crippen molar-refractivity contribution in [2.24, 2.45) is 12.0 Å². The Bertz CT molecular complexity index is 848. The van der Waals surface area contributed by atoms with Crippen molar-refractivity contribution in [2.75, 3.05) is 31.1 Å². The lowest BCUT2D eigenvalue weighted by Crippen LogP contribution is -2.54. The Hall–Kier alpha value is -2.64. The molecule has 8 heteroatoms. The summed E-state index contributed by atoms with van der Waals surface area (Å²) in [6.45, 7) is 5.61. The van der Waals surface area contributed by atoms with E-state index in [2.05, 4.69) is 25.3 Å². The molecule has 0 unspecified atom stereocenters. The molecular weight excluding hydrogens is 369 g/mol. The molecule has 4 rings (SSSR count). The standard InChI is InChI=1S/C21H30FN7/c1-16-25-26-20(27(16)2)15-23-21(24-17-7-3-4-8-17)29-13-11-28(12-14-29)19-10-6-5-9-18(19)22/h5-6,9-10,17H,3-4,7-8,11-15H2,1-2H3,(H,23,24). The van der Waals surface area contributed by atoms with Gasteiger partial charge in [0.15, 0.2) is 11.8 Å². The normalized spacial score (nSPS) is 18.5. The van der Waals surface area contributed by atoms with E-state index in [0.717, 1.165) is 43.8 Å². The summed E-state index contributed by atoms with van der Waals surface area (Å²) in [4.78, 5) is 9.29. The minimum Gasteiger partial charge on any atom is -0.366 e. The molecule has 0 spiro atoms. The van der Waals surface area contributed by atoms with Crippen molar-refractivity contribution < 1.29 is 4.39 Å². The van der Waals surface area contributed by atoms with Crippen LogP contribution in [0.5, 0.6) is 0 Å². The van der Waals surface area contributed by atoms with Gasteiger partial charge in [-0.25, -0.2) is 9.38 Å². The number of nitrogens with one attached hydrogen (secondary N) is 1. The van der Waals surface area contributed by atoms with Crippen LogP contribution in [-0.2, 0) is 13.6 Å². The molecule has 156 valence electrons. The summed E-state index contributed by atoms with van der Waals surface area (Å²) in [7, 11) is 1.97. The number of para-hydroxylation sites is 1. The third kappa shape index (κ3) is 4.52. The SMILES string of the molecule is Cc1nnc(CN=C(NC2CCCC2)N2CCN(c3ccccc3F)CC2)n1C. The molecule has 1 saturated heterocycles. The maximum absolute atomic E-state index is 14.1. The number of guanidine groups is 1. The van der Waals surface area contributed by atoms with Crippen molar-refractivity contribution in [3.8, 4) is 0 Å². The van der Waals surface area contributed by atoms with Crippen LogP contribution in [-0.4, -0.2) is 57.8 Å². The number of hydrogen-bond donors (Lipinski definition) is 1. The number of anilines is 1. The zero-order valence-corrected chi connectivity index (χ0v) is 17.3. The van der Waals surface area contributed by atoms with Crippen molar-refractivity contribution in [3.05, 3.63) is 41.7 Å². The molecule has 2 fully saturated rings. The zero-order valence-electron chi connectivity index (χ0n) is 17.3. The van der Waals surface area contributed by atoms with Gasteiger partial charge < -0.3 is 19.7 Å². The topological polar surface area (TPSA) is 61.6 Å². The van der Waals surface area contributed by atoms with Crippen LogP contribution in [0.15, 0.2) is 29.3 Å². The van der Waals surface area contributed by atoms with Crippen LogP contribution in [0.1, 0.15) is 37.3 Å². The predicted molar refractivity (Wildman–Crippen MR) is 112 cm³/mol. The number of benzene rings is 1. The number of aromatic nitrogens is 3. The van der Waals surface area contributed by atoms with Gasteiger partial charge in [-0.15, -0.1) is 10.2 Å². The van der Waals surface area contributed by atoms with Gasteiger partial charge in [0.25, 0.3) is 0 Å². The fourth-order valence-corrected chi connectivity index (χ4v) is 4.09. The first-order valence-electron chi connectivity index (χ1n) is 10.5. The minimum atomic E-state index is -0.156. The second-order valence-corrected chi connectivity index (χ2v) is 7.91. The van der Waals surface area contributed by atoms with E-state index in [-0.39, 0.29) is 5.82 Å². The molecule has 1 aliphatic heterocycles. The van der Waals surface area contributed by atoms with E-state index in [1.165, 1.54) is 31.7 Å². The molecule has 2 aromatic rings. The van der Waals surface area contributed by atoms with Gasteiger partial charge in [0, 0.05) is 39.3 Å². The lowest BCUT2D eigenvalue weighted by atomic mass is 10.2. The third-order valence-electron chi connectivity index (χ3n) is 6.01. The van der Waals surface area contributed by atoms with Gasteiger partial charge >= 0.3 is 0 Å². The lowest BCUT2D eigenvalue weighted by molar-refractivity contribution is 0.363. The maximum Gasteiger partial charge on any atom is 0.194 e. The minimum absolute atomic E-state index is 0.156. The van der Waals surface area contributed by atoms with Crippen LogP contribution < -0.4 is 10.2 Å². The van der Waals surface area contributed by atoms with Gasteiger partial charge in [0.1, 0.15) is 18.2 Å². The highest BCUT2D eigenvalue weighted by Crippen LogP contribution is 2.21. The Morgan fingerprint density at radius 2 is 1.86 bits per heavy atom. The molecule has 1 saturated carbocycles. The summed E-state index contributed by atoms with van der Waals surface area (Å²) in [6.07, 6.45) is 4.93. The molecule has 1 aromatic heterocycles. The Labute approximate surface area is 171 Å². The lowest BCUT2D eigenvalue weighted by Gasteiger charge is -2.38. The number of rotatable bonds is 4. The Morgan fingerprint density at radius 1 is 1.14 bits per heavy atom. The van der Waals surface area contributed by atoms with E-state index < -0.39 is 0 Å². The average molecular weight is 400 g/mol. The van der Waals surface area contributed by atoms with Crippen molar-refractivity contribution in [3.63, 3.8) is 0 Å². The quantitative estimate of drug-likeness (QED) is 0.632. The largest absolute Gasteiger partial charge is 0.366 e. The highest BCUT2D eigenvalue weighted by Gasteiger charge is 2.24.